The van der Waals surface area contributed by atoms with Crippen molar-refractivity contribution in [1.29, 1.82) is 0 Å². The molecule has 0 bridgehead atoms. The average molecular weight is 251 g/mol. The molecule has 0 spiro atoms. The van der Waals surface area contributed by atoms with Crippen LogP contribution in [0.25, 0.3) is 0 Å². The van der Waals surface area contributed by atoms with E-state index in [1.807, 2.05) is 6.07 Å². The zero-order chi connectivity index (χ0) is 13.1. The predicted octanol–water partition coefficient (Wildman–Crippen LogP) is 0.598. The van der Waals surface area contributed by atoms with Gasteiger partial charge < -0.3 is 15.4 Å². The van der Waals surface area contributed by atoms with Crippen molar-refractivity contribution >= 4 is 11.8 Å². The fourth-order valence-corrected chi connectivity index (χ4v) is 2.16. The molecule has 100 valence electrons. The van der Waals surface area contributed by atoms with Gasteiger partial charge in [0, 0.05) is 38.3 Å². The Balaban J connectivity index is 2.07. The Labute approximate surface area is 108 Å². The van der Waals surface area contributed by atoms with Gasteiger partial charge in [-0.2, -0.15) is 9.97 Å². The number of piperazine rings is 1. The Kier molecular flexibility index (Phi) is 3.86. The largest absolute Gasteiger partial charge is 0.481 e. The fraction of sp³-hybridized carbons (Fsp3) is 0.667. The van der Waals surface area contributed by atoms with E-state index in [0.717, 1.165) is 32.0 Å². The molecule has 1 aromatic heterocycles. The summed E-state index contributed by atoms with van der Waals surface area (Å²) in [5.74, 6) is 1.63. The van der Waals surface area contributed by atoms with E-state index < -0.39 is 0 Å². The molecule has 1 aliphatic rings. The molecule has 1 saturated heterocycles. The highest BCUT2D eigenvalue weighted by Gasteiger charge is 2.20. The van der Waals surface area contributed by atoms with Gasteiger partial charge in [0.2, 0.25) is 11.8 Å². The van der Waals surface area contributed by atoms with E-state index >= 15 is 0 Å². The summed E-state index contributed by atoms with van der Waals surface area (Å²) in [4.78, 5) is 12.9. The fourth-order valence-electron chi connectivity index (χ4n) is 2.16. The first-order valence-corrected chi connectivity index (χ1v) is 6.27. The van der Waals surface area contributed by atoms with Crippen molar-refractivity contribution in [3.8, 4) is 5.88 Å². The molecule has 2 N–H and O–H groups in total. The highest BCUT2D eigenvalue weighted by molar-refractivity contribution is 5.45. The molecule has 2 heterocycles. The molecule has 2 rings (SSSR count). The third-order valence-corrected chi connectivity index (χ3v) is 3.28. The van der Waals surface area contributed by atoms with Crippen LogP contribution in [0.2, 0.25) is 0 Å². The second-order valence-corrected chi connectivity index (χ2v) is 4.74. The molecule has 1 aliphatic heterocycles. The molecule has 0 radical (unpaired) electrons. The van der Waals surface area contributed by atoms with Gasteiger partial charge in [-0.25, -0.2) is 0 Å². The molecule has 6 heteroatoms. The van der Waals surface area contributed by atoms with Crippen molar-refractivity contribution < 1.29 is 4.74 Å². The molecule has 1 aromatic rings. The van der Waals surface area contributed by atoms with E-state index in [9.17, 15) is 0 Å². The molecule has 18 heavy (non-hydrogen) atoms. The number of nitrogens with two attached hydrogens (primary N) is 1. The smallest absolute Gasteiger partial charge is 0.225 e. The molecule has 0 amide bonds. The van der Waals surface area contributed by atoms with E-state index in [1.54, 1.807) is 7.11 Å². The van der Waals surface area contributed by atoms with Crippen LogP contribution in [-0.4, -0.2) is 54.2 Å². The van der Waals surface area contributed by atoms with E-state index in [2.05, 4.69) is 33.6 Å². The lowest BCUT2D eigenvalue weighted by Crippen LogP contribution is -2.49. The number of ether oxygens (including phenoxy) is 1. The van der Waals surface area contributed by atoms with Crippen LogP contribution < -0.4 is 15.4 Å². The van der Waals surface area contributed by atoms with E-state index in [-0.39, 0.29) is 5.95 Å². The van der Waals surface area contributed by atoms with Crippen molar-refractivity contribution in [3.05, 3.63) is 6.07 Å². The Morgan fingerprint density at radius 2 is 1.89 bits per heavy atom. The molecular weight excluding hydrogens is 230 g/mol. The Bertz CT molecular complexity index is 401. The Morgan fingerprint density at radius 1 is 1.22 bits per heavy atom. The minimum Gasteiger partial charge on any atom is -0.481 e. The SMILES string of the molecule is COc1cc(N2CCN(C(C)C)CC2)nc(N)n1. The van der Waals surface area contributed by atoms with E-state index in [4.69, 9.17) is 10.5 Å². The first-order valence-electron chi connectivity index (χ1n) is 6.27. The predicted molar refractivity (Wildman–Crippen MR) is 71.9 cm³/mol. The molecule has 0 aromatic carbocycles. The summed E-state index contributed by atoms with van der Waals surface area (Å²) in [6.45, 7) is 8.45. The normalized spacial score (nSPS) is 17.2. The summed E-state index contributed by atoms with van der Waals surface area (Å²) in [6, 6.07) is 2.43. The molecule has 6 nitrogen and oxygen atoms in total. The van der Waals surface area contributed by atoms with Gasteiger partial charge in [0.1, 0.15) is 5.82 Å². The van der Waals surface area contributed by atoms with Gasteiger partial charge in [0.05, 0.1) is 7.11 Å². The molecule has 1 fully saturated rings. The van der Waals surface area contributed by atoms with Crippen LogP contribution >= 0.6 is 0 Å². The number of methoxy groups -OCH3 is 1. The summed E-state index contributed by atoms with van der Waals surface area (Å²) in [6.07, 6.45) is 0. The number of rotatable bonds is 3. The van der Waals surface area contributed by atoms with Gasteiger partial charge in [0.15, 0.2) is 0 Å². The third-order valence-electron chi connectivity index (χ3n) is 3.28. The van der Waals surface area contributed by atoms with Gasteiger partial charge in [-0.3, -0.25) is 4.90 Å². The second kappa shape index (κ2) is 5.39. The minimum absolute atomic E-state index is 0.260. The first-order chi connectivity index (χ1) is 8.60. The van der Waals surface area contributed by atoms with Gasteiger partial charge >= 0.3 is 0 Å². The van der Waals surface area contributed by atoms with Crippen LogP contribution in [0.15, 0.2) is 6.07 Å². The number of anilines is 2. The summed E-state index contributed by atoms with van der Waals surface area (Å²) in [5, 5.41) is 0. The number of hydrogen-bond acceptors (Lipinski definition) is 6. The number of aromatic nitrogens is 2. The first kappa shape index (κ1) is 12.9. The summed E-state index contributed by atoms with van der Waals surface area (Å²) in [7, 11) is 1.59. The molecular formula is C12H21N5O. The van der Waals surface area contributed by atoms with Crippen molar-refractivity contribution in [2.24, 2.45) is 0 Å². The Morgan fingerprint density at radius 3 is 2.44 bits per heavy atom. The van der Waals surface area contributed by atoms with Crippen molar-refractivity contribution in [1.82, 2.24) is 14.9 Å². The van der Waals surface area contributed by atoms with Gasteiger partial charge in [-0.15, -0.1) is 0 Å². The second-order valence-electron chi connectivity index (χ2n) is 4.74. The number of hydrogen-bond donors (Lipinski definition) is 1. The highest BCUT2D eigenvalue weighted by Crippen LogP contribution is 2.20. The zero-order valence-corrected chi connectivity index (χ0v) is 11.3. The van der Waals surface area contributed by atoms with E-state index in [0.29, 0.717) is 11.9 Å². The standard InChI is InChI=1S/C12H21N5O/c1-9(2)16-4-6-17(7-5-16)10-8-11(18-3)15-12(13)14-10/h8-9H,4-7H2,1-3H3,(H2,13,14,15). The van der Waals surface area contributed by atoms with Crippen molar-refractivity contribution in [2.75, 3.05) is 43.9 Å². The van der Waals surface area contributed by atoms with Crippen LogP contribution in [0.1, 0.15) is 13.8 Å². The monoisotopic (exact) mass is 251 g/mol. The van der Waals surface area contributed by atoms with Crippen LogP contribution in [0, 0.1) is 0 Å². The Hall–Kier alpha value is -1.56. The quantitative estimate of drug-likeness (QED) is 0.848. The molecule has 0 aliphatic carbocycles. The van der Waals surface area contributed by atoms with Crippen LogP contribution in [0.3, 0.4) is 0 Å². The zero-order valence-electron chi connectivity index (χ0n) is 11.3. The summed E-state index contributed by atoms with van der Waals surface area (Å²) < 4.78 is 5.12. The lowest BCUT2D eigenvalue weighted by atomic mass is 10.2. The van der Waals surface area contributed by atoms with Crippen LogP contribution in [-0.2, 0) is 0 Å². The molecule has 0 atom stereocenters. The highest BCUT2D eigenvalue weighted by atomic mass is 16.5. The van der Waals surface area contributed by atoms with Gasteiger partial charge in [-0.05, 0) is 13.8 Å². The average Bonchev–Trinajstić information content (AvgIpc) is 2.38. The van der Waals surface area contributed by atoms with Crippen LogP contribution in [0.4, 0.5) is 11.8 Å². The van der Waals surface area contributed by atoms with Crippen molar-refractivity contribution in [2.45, 2.75) is 19.9 Å². The lowest BCUT2D eigenvalue weighted by molar-refractivity contribution is 0.209. The summed E-state index contributed by atoms with van der Waals surface area (Å²) in [5.41, 5.74) is 5.68. The maximum absolute atomic E-state index is 5.68. The van der Waals surface area contributed by atoms with E-state index in [1.165, 1.54) is 0 Å². The number of nitrogens with zero attached hydrogens (tertiary/aromatic N) is 4. The molecule has 0 unspecified atom stereocenters. The third kappa shape index (κ3) is 2.81. The minimum atomic E-state index is 0.260. The summed E-state index contributed by atoms with van der Waals surface area (Å²) >= 11 is 0. The number of nitrogen functional groups attached to an aromatic ring is 1. The van der Waals surface area contributed by atoms with Crippen LogP contribution in [0.5, 0.6) is 5.88 Å². The maximum Gasteiger partial charge on any atom is 0.225 e. The van der Waals surface area contributed by atoms with Crippen molar-refractivity contribution in [3.63, 3.8) is 0 Å². The molecule has 0 saturated carbocycles. The topological polar surface area (TPSA) is 67.5 Å². The lowest BCUT2D eigenvalue weighted by Gasteiger charge is -2.37. The van der Waals surface area contributed by atoms with Gasteiger partial charge in [0.25, 0.3) is 0 Å². The van der Waals surface area contributed by atoms with Gasteiger partial charge in [-0.1, -0.05) is 0 Å². The maximum atomic E-state index is 5.68.